The van der Waals surface area contributed by atoms with Gasteiger partial charge in [-0.15, -0.1) is 0 Å². The molecule has 0 bridgehead atoms. The van der Waals surface area contributed by atoms with Gasteiger partial charge in [0.05, 0.1) is 5.56 Å². The Morgan fingerprint density at radius 1 is 1.36 bits per heavy atom. The van der Waals surface area contributed by atoms with Gasteiger partial charge in [-0.25, -0.2) is 9.89 Å². The lowest BCUT2D eigenvalue weighted by Gasteiger charge is -2.14. The van der Waals surface area contributed by atoms with E-state index >= 15 is 0 Å². The van der Waals surface area contributed by atoms with Gasteiger partial charge in [0.15, 0.2) is 0 Å². The monoisotopic (exact) mass is 392 g/mol. The highest BCUT2D eigenvalue weighted by atomic mass is 35.5. The van der Waals surface area contributed by atoms with Crippen molar-refractivity contribution < 1.29 is 23.1 Å². The van der Waals surface area contributed by atoms with E-state index in [0.29, 0.717) is 0 Å². The molecule has 132 valence electrons. The second-order valence-corrected chi connectivity index (χ2v) is 5.75. The van der Waals surface area contributed by atoms with Gasteiger partial charge in [-0.1, -0.05) is 29.3 Å². The van der Waals surface area contributed by atoms with E-state index in [2.05, 4.69) is 5.10 Å². The molecule has 5 nitrogen and oxygen atoms in total. The number of hydrogen-bond acceptors (Lipinski definition) is 3. The van der Waals surface area contributed by atoms with E-state index in [1.807, 2.05) is 5.10 Å². The van der Waals surface area contributed by atoms with E-state index in [4.69, 9.17) is 28.3 Å². The number of aromatic nitrogens is 2. The number of aromatic amines is 1. The largest absolute Gasteiger partial charge is 0.477 e. The highest BCUT2D eigenvalue weighted by Crippen LogP contribution is 2.37. The lowest BCUT2D eigenvalue weighted by molar-refractivity contribution is -0.138. The zero-order valence-electron chi connectivity index (χ0n) is 12.4. The molecule has 0 radical (unpaired) electrons. The molecule has 0 aliphatic carbocycles. The van der Waals surface area contributed by atoms with Crippen molar-refractivity contribution in [1.82, 2.24) is 10.2 Å². The average Bonchev–Trinajstić information content (AvgIpc) is 2.50. The summed E-state index contributed by atoms with van der Waals surface area (Å²) in [6, 6.07) is 3.74. The van der Waals surface area contributed by atoms with E-state index in [0.717, 1.165) is 13.0 Å². The Morgan fingerprint density at radius 2 is 2.00 bits per heavy atom. The molecule has 1 aromatic carbocycles. The van der Waals surface area contributed by atoms with Gasteiger partial charge in [-0.2, -0.15) is 18.3 Å². The van der Waals surface area contributed by atoms with Crippen LogP contribution in [0.1, 0.15) is 16.7 Å². The molecular formula is C15H9Cl2F3N2O3. The first-order chi connectivity index (χ1) is 11.5. The zero-order chi connectivity index (χ0) is 18.9. The van der Waals surface area contributed by atoms with Gasteiger partial charge in [0, 0.05) is 16.1 Å². The summed E-state index contributed by atoms with van der Waals surface area (Å²) in [5, 5.41) is 13.8. The summed E-state index contributed by atoms with van der Waals surface area (Å²) in [5.74, 6) is -1.42. The quantitative estimate of drug-likeness (QED) is 0.770. The summed E-state index contributed by atoms with van der Waals surface area (Å²) in [5.41, 5.74) is -3.12. The van der Waals surface area contributed by atoms with Gasteiger partial charge >= 0.3 is 12.1 Å². The van der Waals surface area contributed by atoms with Crippen LogP contribution >= 0.6 is 23.2 Å². The van der Waals surface area contributed by atoms with E-state index in [1.54, 1.807) is 0 Å². The van der Waals surface area contributed by atoms with Crippen molar-refractivity contribution in [3.8, 4) is 11.3 Å². The molecule has 2 N–H and O–H groups in total. The average molecular weight is 393 g/mol. The standard InChI is InChI=1S/C15H9Cl2F3N2O3/c1-6-11(15(18,19)20)12(21-22-13(6)23)7-2-3-9(16)8(4-7)5-10(17)14(24)25/h2-5H,1H3,(H,22,23)(H,24,25). The van der Waals surface area contributed by atoms with Crippen LogP contribution in [-0.4, -0.2) is 21.3 Å². The van der Waals surface area contributed by atoms with Crippen LogP contribution in [0.4, 0.5) is 13.2 Å². The Kier molecular flexibility index (Phi) is 5.24. The molecule has 0 atom stereocenters. The Balaban J connectivity index is 2.73. The number of carboxylic acids is 1. The Hall–Kier alpha value is -2.32. The van der Waals surface area contributed by atoms with Crippen molar-refractivity contribution in [3.63, 3.8) is 0 Å². The minimum atomic E-state index is -4.81. The normalized spacial score (nSPS) is 12.3. The molecule has 1 aromatic heterocycles. The van der Waals surface area contributed by atoms with Crippen molar-refractivity contribution in [1.29, 1.82) is 0 Å². The number of carbonyl (C=O) groups is 1. The van der Waals surface area contributed by atoms with Crippen LogP contribution < -0.4 is 5.56 Å². The van der Waals surface area contributed by atoms with Crippen LogP contribution in [-0.2, 0) is 11.0 Å². The molecule has 10 heteroatoms. The molecule has 0 saturated carbocycles. The predicted octanol–water partition coefficient (Wildman–Crippen LogP) is 4.08. The van der Waals surface area contributed by atoms with Crippen LogP contribution in [0.25, 0.3) is 17.3 Å². The number of rotatable bonds is 3. The first kappa shape index (κ1) is 19.0. The second kappa shape index (κ2) is 6.89. The lowest BCUT2D eigenvalue weighted by Crippen LogP contribution is -2.21. The van der Waals surface area contributed by atoms with E-state index in [-0.39, 0.29) is 16.1 Å². The van der Waals surface area contributed by atoms with Crippen LogP contribution in [0.15, 0.2) is 28.0 Å². The van der Waals surface area contributed by atoms with Crippen molar-refractivity contribution >= 4 is 35.2 Å². The van der Waals surface area contributed by atoms with Gasteiger partial charge in [0.2, 0.25) is 0 Å². The maximum absolute atomic E-state index is 13.3. The van der Waals surface area contributed by atoms with Gasteiger partial charge in [-0.05, 0) is 30.7 Å². The number of benzene rings is 1. The Labute approximate surface area is 148 Å². The first-order valence-electron chi connectivity index (χ1n) is 6.59. The molecule has 0 saturated heterocycles. The minimum Gasteiger partial charge on any atom is -0.477 e. The fourth-order valence-corrected chi connectivity index (χ4v) is 2.38. The molecule has 0 aliphatic rings. The number of hydrogen-bond donors (Lipinski definition) is 2. The molecule has 0 amide bonds. The summed E-state index contributed by atoms with van der Waals surface area (Å²) in [6.07, 6.45) is -3.81. The van der Waals surface area contributed by atoms with E-state index < -0.39 is 39.6 Å². The number of alkyl halides is 3. The van der Waals surface area contributed by atoms with Gasteiger partial charge in [0.25, 0.3) is 5.56 Å². The zero-order valence-corrected chi connectivity index (χ0v) is 13.9. The summed E-state index contributed by atoms with van der Waals surface area (Å²) in [6.45, 7) is 1.03. The highest BCUT2D eigenvalue weighted by Gasteiger charge is 2.37. The molecule has 0 aliphatic heterocycles. The van der Waals surface area contributed by atoms with E-state index in [1.165, 1.54) is 18.2 Å². The van der Waals surface area contributed by atoms with Crippen molar-refractivity contribution in [2.75, 3.05) is 0 Å². The topological polar surface area (TPSA) is 83.0 Å². The summed E-state index contributed by atoms with van der Waals surface area (Å²) >= 11 is 11.5. The number of nitrogens with zero attached hydrogens (tertiary/aromatic N) is 1. The van der Waals surface area contributed by atoms with Crippen molar-refractivity contribution in [3.05, 3.63) is 55.3 Å². The molecule has 0 fully saturated rings. The van der Waals surface area contributed by atoms with Crippen LogP contribution in [0, 0.1) is 6.92 Å². The smallest absolute Gasteiger partial charge is 0.419 e. The number of H-pyrrole nitrogens is 1. The summed E-state index contributed by atoms with van der Waals surface area (Å²) < 4.78 is 40.0. The molecular weight excluding hydrogens is 384 g/mol. The predicted molar refractivity (Wildman–Crippen MR) is 86.5 cm³/mol. The minimum absolute atomic E-state index is 0.0165. The van der Waals surface area contributed by atoms with Crippen molar-refractivity contribution in [2.45, 2.75) is 13.1 Å². The third-order valence-corrected chi connectivity index (χ3v) is 3.88. The number of halogens is 5. The molecule has 2 rings (SSSR count). The Morgan fingerprint density at radius 3 is 2.56 bits per heavy atom. The number of nitrogens with one attached hydrogen (secondary N) is 1. The van der Waals surface area contributed by atoms with Crippen LogP contribution in [0.5, 0.6) is 0 Å². The summed E-state index contributed by atoms with van der Waals surface area (Å²) in [7, 11) is 0. The van der Waals surface area contributed by atoms with Crippen LogP contribution in [0.3, 0.4) is 0 Å². The number of carboxylic acid groups (broad SMARTS) is 1. The summed E-state index contributed by atoms with van der Waals surface area (Å²) in [4.78, 5) is 22.3. The Bertz CT molecular complexity index is 937. The van der Waals surface area contributed by atoms with Crippen LogP contribution in [0.2, 0.25) is 5.02 Å². The van der Waals surface area contributed by atoms with Gasteiger partial charge in [-0.3, -0.25) is 4.79 Å². The molecule has 2 aromatic rings. The molecule has 1 heterocycles. The molecule has 0 spiro atoms. The maximum Gasteiger partial charge on any atom is 0.419 e. The van der Waals surface area contributed by atoms with Crippen molar-refractivity contribution in [2.24, 2.45) is 0 Å². The third kappa shape index (κ3) is 4.02. The maximum atomic E-state index is 13.3. The van der Waals surface area contributed by atoms with Gasteiger partial charge in [0.1, 0.15) is 10.7 Å². The fraction of sp³-hybridized carbons (Fsp3) is 0.133. The van der Waals surface area contributed by atoms with Gasteiger partial charge < -0.3 is 5.11 Å². The molecule has 25 heavy (non-hydrogen) atoms. The lowest BCUT2D eigenvalue weighted by atomic mass is 10.0. The molecule has 0 unspecified atom stereocenters. The van der Waals surface area contributed by atoms with E-state index in [9.17, 15) is 22.8 Å². The second-order valence-electron chi connectivity index (χ2n) is 4.93. The number of aliphatic carboxylic acids is 1. The third-order valence-electron chi connectivity index (χ3n) is 3.26. The highest BCUT2D eigenvalue weighted by molar-refractivity contribution is 6.43. The SMILES string of the molecule is Cc1c(C(F)(F)F)c(-c2ccc(Cl)c(C=C(Cl)C(=O)O)c2)n[nH]c1=O. The first-order valence-corrected chi connectivity index (χ1v) is 7.35. The fourth-order valence-electron chi connectivity index (χ4n) is 2.09.